The summed E-state index contributed by atoms with van der Waals surface area (Å²) in [4.78, 5) is 0. The molecular weight excluding hydrogens is 138 g/mol. The maximum absolute atomic E-state index is 4.39. The van der Waals surface area contributed by atoms with E-state index in [1.165, 1.54) is 11.3 Å². The van der Waals surface area contributed by atoms with E-state index in [4.69, 9.17) is 0 Å². The van der Waals surface area contributed by atoms with E-state index in [9.17, 15) is 0 Å². The van der Waals surface area contributed by atoms with Crippen molar-refractivity contribution >= 4 is 0 Å². The summed E-state index contributed by atoms with van der Waals surface area (Å²) in [5.74, 6) is 0. The van der Waals surface area contributed by atoms with Gasteiger partial charge in [-0.3, -0.25) is 4.68 Å². The van der Waals surface area contributed by atoms with Crippen molar-refractivity contribution < 1.29 is 0 Å². The summed E-state index contributed by atoms with van der Waals surface area (Å²) in [5, 5.41) is 7.76. The van der Waals surface area contributed by atoms with Crippen LogP contribution in [0.3, 0.4) is 0 Å². The van der Waals surface area contributed by atoms with E-state index in [0.29, 0.717) is 6.04 Å². The van der Waals surface area contributed by atoms with Crippen LogP contribution in [0.25, 0.3) is 0 Å². The van der Waals surface area contributed by atoms with Crippen LogP contribution in [-0.2, 0) is 13.5 Å². The Morgan fingerprint density at radius 2 is 2.55 bits per heavy atom. The summed E-state index contributed by atoms with van der Waals surface area (Å²) in [7, 11) is 1.98. The molecule has 1 aromatic rings. The molecule has 3 nitrogen and oxygen atoms in total. The number of aromatic nitrogens is 2. The fraction of sp³-hybridized carbons (Fsp3) is 0.625. The van der Waals surface area contributed by atoms with Crippen molar-refractivity contribution in [2.24, 2.45) is 7.05 Å². The number of aryl methyl sites for hydroxylation is 1. The summed E-state index contributed by atoms with van der Waals surface area (Å²) in [5.41, 5.74) is 2.62. The lowest BCUT2D eigenvalue weighted by Crippen LogP contribution is -2.27. The monoisotopic (exact) mass is 151 g/mol. The van der Waals surface area contributed by atoms with E-state index in [-0.39, 0.29) is 0 Å². The van der Waals surface area contributed by atoms with Crippen LogP contribution < -0.4 is 5.32 Å². The van der Waals surface area contributed by atoms with Crippen LogP contribution in [0.4, 0.5) is 0 Å². The van der Waals surface area contributed by atoms with Crippen LogP contribution in [0, 0.1) is 0 Å². The van der Waals surface area contributed by atoms with Gasteiger partial charge in [-0.15, -0.1) is 0 Å². The molecule has 11 heavy (non-hydrogen) atoms. The first-order valence-corrected chi connectivity index (χ1v) is 4.03. The van der Waals surface area contributed by atoms with Crippen LogP contribution >= 0.6 is 0 Å². The van der Waals surface area contributed by atoms with Crippen molar-refractivity contribution in [2.75, 3.05) is 6.54 Å². The minimum atomic E-state index is 0.431. The third-order valence-electron chi connectivity index (χ3n) is 2.19. The summed E-state index contributed by atoms with van der Waals surface area (Å²) in [6.07, 6.45) is 3.24. The second-order valence-corrected chi connectivity index (χ2v) is 3.14. The Hall–Kier alpha value is -0.830. The highest BCUT2D eigenvalue weighted by Gasteiger charge is 2.18. The smallest absolute Gasteiger partial charge is 0.0823 e. The molecule has 1 N–H and O–H groups in total. The Bertz CT molecular complexity index is 264. The molecule has 1 atom stereocenters. The van der Waals surface area contributed by atoms with Gasteiger partial charge in [-0.25, -0.2) is 0 Å². The number of hydrogen-bond acceptors (Lipinski definition) is 2. The van der Waals surface area contributed by atoms with Gasteiger partial charge >= 0.3 is 0 Å². The fourth-order valence-corrected chi connectivity index (χ4v) is 1.63. The average Bonchev–Trinajstić information content (AvgIpc) is 2.31. The lowest BCUT2D eigenvalue weighted by molar-refractivity contribution is 0.525. The minimum Gasteiger partial charge on any atom is -0.308 e. The molecule has 0 fully saturated rings. The van der Waals surface area contributed by atoms with E-state index < -0.39 is 0 Å². The standard InChI is InChI=1S/C8H13N3/c1-6-8-7(3-4-9-6)5-11(2)10-8/h5-6,9H,3-4H2,1-2H3. The predicted octanol–water partition coefficient (Wildman–Crippen LogP) is 0.627. The first kappa shape index (κ1) is 6.85. The molecule has 0 aromatic carbocycles. The van der Waals surface area contributed by atoms with Crippen LogP contribution in [-0.4, -0.2) is 16.3 Å². The molecule has 0 saturated heterocycles. The number of nitrogens with one attached hydrogen (secondary N) is 1. The largest absolute Gasteiger partial charge is 0.308 e. The molecular formula is C8H13N3. The average molecular weight is 151 g/mol. The maximum atomic E-state index is 4.39. The molecule has 2 rings (SSSR count). The Kier molecular flexibility index (Phi) is 1.46. The topological polar surface area (TPSA) is 29.9 Å². The third kappa shape index (κ3) is 1.05. The maximum Gasteiger partial charge on any atom is 0.0823 e. The van der Waals surface area contributed by atoms with Gasteiger partial charge in [0.05, 0.1) is 5.69 Å². The van der Waals surface area contributed by atoms with Crippen LogP contribution in [0.15, 0.2) is 6.20 Å². The van der Waals surface area contributed by atoms with Crippen molar-refractivity contribution in [3.8, 4) is 0 Å². The number of hydrogen-bond donors (Lipinski definition) is 1. The van der Waals surface area contributed by atoms with E-state index in [2.05, 4.69) is 23.5 Å². The van der Waals surface area contributed by atoms with Gasteiger partial charge in [0, 0.05) is 19.3 Å². The van der Waals surface area contributed by atoms with Crippen molar-refractivity contribution in [1.29, 1.82) is 0 Å². The molecule has 0 amide bonds. The normalized spacial score (nSPS) is 23.3. The first-order chi connectivity index (χ1) is 5.27. The van der Waals surface area contributed by atoms with Gasteiger partial charge in [0.15, 0.2) is 0 Å². The number of fused-ring (bicyclic) bond motifs is 1. The minimum absolute atomic E-state index is 0.431. The summed E-state index contributed by atoms with van der Waals surface area (Å²) in [6.45, 7) is 3.24. The Balaban J connectivity index is 2.43. The molecule has 2 heterocycles. The second kappa shape index (κ2) is 2.34. The summed E-state index contributed by atoms with van der Waals surface area (Å²) in [6, 6.07) is 0.431. The van der Waals surface area contributed by atoms with Gasteiger partial charge in [-0.2, -0.15) is 5.10 Å². The SMILES string of the molecule is CC1NCCc2cn(C)nc21. The van der Waals surface area contributed by atoms with Gasteiger partial charge < -0.3 is 5.32 Å². The van der Waals surface area contributed by atoms with Crippen molar-refractivity contribution in [3.63, 3.8) is 0 Å². The van der Waals surface area contributed by atoms with Gasteiger partial charge in [-0.05, 0) is 25.5 Å². The Morgan fingerprint density at radius 1 is 1.73 bits per heavy atom. The highest BCUT2D eigenvalue weighted by molar-refractivity contribution is 5.22. The molecule has 1 aromatic heterocycles. The van der Waals surface area contributed by atoms with E-state index in [1.807, 2.05) is 11.7 Å². The molecule has 60 valence electrons. The predicted molar refractivity (Wildman–Crippen MR) is 43.3 cm³/mol. The zero-order chi connectivity index (χ0) is 7.84. The molecule has 0 spiro atoms. The summed E-state index contributed by atoms with van der Waals surface area (Å²) < 4.78 is 1.90. The van der Waals surface area contributed by atoms with Crippen molar-refractivity contribution in [2.45, 2.75) is 19.4 Å². The fourth-order valence-electron chi connectivity index (χ4n) is 1.63. The van der Waals surface area contributed by atoms with E-state index in [0.717, 1.165) is 13.0 Å². The lowest BCUT2D eigenvalue weighted by Gasteiger charge is -2.18. The highest BCUT2D eigenvalue weighted by atomic mass is 15.3. The van der Waals surface area contributed by atoms with Gasteiger partial charge in [-0.1, -0.05) is 0 Å². The molecule has 0 saturated carbocycles. The van der Waals surface area contributed by atoms with Gasteiger partial charge in [0.2, 0.25) is 0 Å². The molecule has 1 aliphatic rings. The van der Waals surface area contributed by atoms with Crippen LogP contribution in [0.2, 0.25) is 0 Å². The van der Waals surface area contributed by atoms with Crippen LogP contribution in [0.1, 0.15) is 24.2 Å². The molecule has 0 bridgehead atoms. The Labute approximate surface area is 66.4 Å². The molecule has 1 unspecified atom stereocenters. The van der Waals surface area contributed by atoms with Crippen LogP contribution in [0.5, 0.6) is 0 Å². The zero-order valence-electron chi connectivity index (χ0n) is 6.96. The third-order valence-corrected chi connectivity index (χ3v) is 2.19. The molecule has 0 aliphatic carbocycles. The van der Waals surface area contributed by atoms with Gasteiger partial charge in [0.1, 0.15) is 0 Å². The zero-order valence-corrected chi connectivity index (χ0v) is 6.96. The second-order valence-electron chi connectivity index (χ2n) is 3.14. The summed E-state index contributed by atoms with van der Waals surface area (Å²) >= 11 is 0. The number of nitrogens with zero attached hydrogens (tertiary/aromatic N) is 2. The first-order valence-electron chi connectivity index (χ1n) is 4.03. The molecule has 3 heteroatoms. The highest BCUT2D eigenvalue weighted by Crippen LogP contribution is 2.19. The van der Waals surface area contributed by atoms with Gasteiger partial charge in [0.25, 0.3) is 0 Å². The quantitative estimate of drug-likeness (QED) is 0.589. The Morgan fingerprint density at radius 3 is 3.27 bits per heavy atom. The molecule has 1 aliphatic heterocycles. The van der Waals surface area contributed by atoms with Crippen molar-refractivity contribution in [1.82, 2.24) is 15.1 Å². The lowest BCUT2D eigenvalue weighted by atomic mass is 10.0. The number of rotatable bonds is 0. The molecule has 0 radical (unpaired) electrons. The van der Waals surface area contributed by atoms with E-state index in [1.54, 1.807) is 0 Å². The van der Waals surface area contributed by atoms with Crippen molar-refractivity contribution in [3.05, 3.63) is 17.5 Å². The van der Waals surface area contributed by atoms with E-state index >= 15 is 0 Å².